The van der Waals surface area contributed by atoms with Crippen LogP contribution in [0.25, 0.3) is 0 Å². The van der Waals surface area contributed by atoms with Gasteiger partial charge in [-0.15, -0.1) is 11.3 Å². The number of carbonyl (C=O) groups excluding carboxylic acids is 3. The van der Waals surface area contributed by atoms with Crippen molar-refractivity contribution in [2.24, 2.45) is 0 Å². The molecule has 1 saturated carbocycles. The molecule has 2 amide bonds. The molecule has 0 unspecified atom stereocenters. The average Bonchev–Trinajstić information content (AvgIpc) is 3.29. The maximum atomic E-state index is 13.4. The number of anilines is 1. The molecule has 154 valence electrons. The quantitative estimate of drug-likeness (QED) is 0.685. The highest BCUT2D eigenvalue weighted by Crippen LogP contribution is 2.34. The molecule has 1 aromatic carbocycles. The van der Waals surface area contributed by atoms with Crippen LogP contribution in [0, 0.1) is 12.7 Å². The minimum absolute atomic E-state index is 0.114. The summed E-state index contributed by atoms with van der Waals surface area (Å²) in [6.45, 7) is 3.50. The molecule has 1 fully saturated rings. The fraction of sp³-hybridized carbons (Fsp3) is 0.381. The highest BCUT2D eigenvalue weighted by atomic mass is 32.1. The van der Waals surface area contributed by atoms with Crippen molar-refractivity contribution < 1.29 is 23.5 Å². The second kappa shape index (κ2) is 9.17. The van der Waals surface area contributed by atoms with Crippen LogP contribution in [0.1, 0.15) is 68.6 Å². The fourth-order valence-corrected chi connectivity index (χ4v) is 4.49. The van der Waals surface area contributed by atoms with Crippen LogP contribution in [0.5, 0.6) is 0 Å². The minimum atomic E-state index is -0.615. The first-order chi connectivity index (χ1) is 13.9. The number of thiophene rings is 1. The van der Waals surface area contributed by atoms with E-state index in [9.17, 15) is 18.8 Å². The van der Waals surface area contributed by atoms with Crippen LogP contribution in [0.4, 0.5) is 9.39 Å². The van der Waals surface area contributed by atoms with Gasteiger partial charge >= 0.3 is 5.97 Å². The molecule has 0 spiro atoms. The Hall–Kier alpha value is -2.74. The Kier molecular flexibility index (Phi) is 6.64. The van der Waals surface area contributed by atoms with Gasteiger partial charge in [-0.1, -0.05) is 18.9 Å². The summed E-state index contributed by atoms with van der Waals surface area (Å²) in [4.78, 5) is 38.1. The maximum absolute atomic E-state index is 13.4. The van der Waals surface area contributed by atoms with E-state index in [1.165, 1.54) is 18.2 Å². The summed E-state index contributed by atoms with van der Waals surface area (Å²) in [5.41, 5.74) is 0.722. The number of halogens is 1. The third kappa shape index (κ3) is 4.82. The standard InChI is InChI=1S/C21H23FN2O4S/c1-3-28-21(27)16-12(2)17(19(26)23-15-9-4-5-10-15)29-20(16)24-18(25)13-7-6-8-14(22)11-13/h6-8,11,15H,3-5,9-10H2,1-2H3,(H,23,26)(H,24,25). The lowest BCUT2D eigenvalue weighted by atomic mass is 10.1. The molecule has 0 radical (unpaired) electrons. The summed E-state index contributed by atoms with van der Waals surface area (Å²) < 4.78 is 18.5. The smallest absolute Gasteiger partial charge is 0.341 e. The van der Waals surface area contributed by atoms with Crippen molar-refractivity contribution in [1.82, 2.24) is 5.32 Å². The van der Waals surface area contributed by atoms with Gasteiger partial charge in [-0.2, -0.15) is 0 Å². The summed E-state index contributed by atoms with van der Waals surface area (Å²) in [5.74, 6) is -1.99. The zero-order chi connectivity index (χ0) is 21.0. The first-order valence-electron chi connectivity index (χ1n) is 9.59. The third-order valence-electron chi connectivity index (χ3n) is 4.84. The summed E-state index contributed by atoms with van der Waals surface area (Å²) in [6, 6.07) is 5.36. The summed E-state index contributed by atoms with van der Waals surface area (Å²) in [5, 5.41) is 5.85. The van der Waals surface area contributed by atoms with Gasteiger partial charge in [0.2, 0.25) is 0 Å². The molecule has 0 aliphatic heterocycles. The Balaban J connectivity index is 1.90. The lowest BCUT2D eigenvalue weighted by Crippen LogP contribution is -2.32. The van der Waals surface area contributed by atoms with Crippen LogP contribution >= 0.6 is 11.3 Å². The van der Waals surface area contributed by atoms with Gasteiger partial charge in [0.25, 0.3) is 11.8 Å². The molecule has 1 aliphatic rings. The molecule has 0 bridgehead atoms. The van der Waals surface area contributed by atoms with Crippen LogP contribution in [0.15, 0.2) is 24.3 Å². The van der Waals surface area contributed by atoms with E-state index in [0.717, 1.165) is 43.1 Å². The summed E-state index contributed by atoms with van der Waals surface area (Å²) in [7, 11) is 0. The predicted octanol–water partition coefficient (Wildman–Crippen LogP) is 4.30. The van der Waals surface area contributed by atoms with Gasteiger partial charge in [-0.05, 0) is 50.5 Å². The van der Waals surface area contributed by atoms with E-state index in [2.05, 4.69) is 10.6 Å². The predicted molar refractivity (Wildman–Crippen MR) is 109 cm³/mol. The van der Waals surface area contributed by atoms with Gasteiger partial charge in [-0.3, -0.25) is 9.59 Å². The minimum Gasteiger partial charge on any atom is -0.462 e. The van der Waals surface area contributed by atoms with Crippen molar-refractivity contribution >= 4 is 34.1 Å². The highest BCUT2D eigenvalue weighted by molar-refractivity contribution is 7.18. The van der Waals surface area contributed by atoms with Gasteiger partial charge in [-0.25, -0.2) is 9.18 Å². The molecule has 0 atom stereocenters. The number of hydrogen-bond acceptors (Lipinski definition) is 5. The SMILES string of the molecule is CCOC(=O)c1c(NC(=O)c2cccc(F)c2)sc(C(=O)NC2CCCC2)c1C. The van der Waals surface area contributed by atoms with Crippen molar-refractivity contribution in [2.75, 3.05) is 11.9 Å². The van der Waals surface area contributed by atoms with Crippen LogP contribution < -0.4 is 10.6 Å². The topological polar surface area (TPSA) is 84.5 Å². The van der Waals surface area contributed by atoms with Crippen molar-refractivity contribution in [1.29, 1.82) is 0 Å². The first-order valence-corrected chi connectivity index (χ1v) is 10.4. The number of carbonyl (C=O) groups is 3. The third-order valence-corrected chi connectivity index (χ3v) is 6.04. The summed E-state index contributed by atoms with van der Waals surface area (Å²) >= 11 is 1.02. The molecule has 0 saturated heterocycles. The number of rotatable bonds is 6. The van der Waals surface area contributed by atoms with Crippen LogP contribution in [-0.4, -0.2) is 30.4 Å². The second-order valence-electron chi connectivity index (χ2n) is 6.90. The van der Waals surface area contributed by atoms with E-state index < -0.39 is 17.7 Å². The van der Waals surface area contributed by atoms with Crippen LogP contribution in [0.2, 0.25) is 0 Å². The molecule has 1 heterocycles. The lowest BCUT2D eigenvalue weighted by molar-refractivity contribution is 0.0527. The molecule has 29 heavy (non-hydrogen) atoms. The Morgan fingerprint density at radius 2 is 1.93 bits per heavy atom. The van der Waals surface area contributed by atoms with Gasteiger partial charge in [0.1, 0.15) is 10.8 Å². The van der Waals surface area contributed by atoms with E-state index in [1.54, 1.807) is 13.8 Å². The van der Waals surface area contributed by atoms with E-state index in [1.807, 2.05) is 0 Å². The number of amides is 2. The van der Waals surface area contributed by atoms with E-state index >= 15 is 0 Å². The molecule has 3 rings (SSSR count). The van der Waals surface area contributed by atoms with Gasteiger partial charge in [0, 0.05) is 11.6 Å². The van der Waals surface area contributed by atoms with E-state index in [0.29, 0.717) is 10.4 Å². The number of nitrogens with one attached hydrogen (secondary N) is 2. The number of esters is 1. The van der Waals surface area contributed by atoms with Crippen molar-refractivity contribution in [3.63, 3.8) is 0 Å². The average molecular weight is 418 g/mol. The Bertz CT molecular complexity index is 935. The van der Waals surface area contributed by atoms with Crippen molar-refractivity contribution in [3.8, 4) is 0 Å². The van der Waals surface area contributed by atoms with Crippen LogP contribution in [0.3, 0.4) is 0 Å². The zero-order valence-corrected chi connectivity index (χ0v) is 17.2. The maximum Gasteiger partial charge on any atom is 0.341 e. The highest BCUT2D eigenvalue weighted by Gasteiger charge is 2.28. The van der Waals surface area contributed by atoms with Crippen molar-refractivity contribution in [3.05, 3.63) is 51.7 Å². The van der Waals surface area contributed by atoms with Gasteiger partial charge < -0.3 is 15.4 Å². The largest absolute Gasteiger partial charge is 0.462 e. The second-order valence-corrected chi connectivity index (χ2v) is 7.92. The number of ether oxygens (including phenoxy) is 1. The van der Waals surface area contributed by atoms with Gasteiger partial charge in [0.05, 0.1) is 17.0 Å². The normalized spacial score (nSPS) is 13.9. The molecule has 8 heteroatoms. The number of benzene rings is 1. The Labute approximate surface area is 172 Å². The van der Waals surface area contributed by atoms with E-state index in [4.69, 9.17) is 4.74 Å². The molecule has 6 nitrogen and oxygen atoms in total. The van der Waals surface area contributed by atoms with Crippen molar-refractivity contribution in [2.45, 2.75) is 45.6 Å². The van der Waals surface area contributed by atoms with Gasteiger partial charge in [0.15, 0.2) is 0 Å². The first kappa shape index (κ1) is 21.0. The molecule has 2 aromatic rings. The lowest BCUT2D eigenvalue weighted by Gasteiger charge is -2.11. The Morgan fingerprint density at radius 1 is 1.21 bits per heavy atom. The molecule has 2 N–H and O–H groups in total. The monoisotopic (exact) mass is 418 g/mol. The van der Waals surface area contributed by atoms with E-state index in [-0.39, 0.29) is 34.7 Å². The summed E-state index contributed by atoms with van der Waals surface area (Å²) in [6.07, 6.45) is 4.03. The Morgan fingerprint density at radius 3 is 2.59 bits per heavy atom. The van der Waals surface area contributed by atoms with Crippen LogP contribution in [-0.2, 0) is 4.74 Å². The number of hydrogen-bond donors (Lipinski definition) is 2. The fourth-order valence-electron chi connectivity index (χ4n) is 3.39. The molecule has 1 aliphatic carbocycles. The molecular weight excluding hydrogens is 395 g/mol. The molecule has 1 aromatic heterocycles. The molecular formula is C21H23FN2O4S. The zero-order valence-electron chi connectivity index (χ0n) is 16.3.